The van der Waals surface area contributed by atoms with E-state index in [0.29, 0.717) is 5.32 Å². The third-order valence-electron chi connectivity index (χ3n) is 0.400. The molecule has 2 nitrogen and oxygen atoms in total. The molecule has 0 radical (unpaired) electrons. The number of allylic oxidation sites excluding steroid dienone is 1. The fourth-order valence-corrected chi connectivity index (χ4v) is 2.68. The molecule has 0 aliphatic heterocycles. The van der Waals surface area contributed by atoms with E-state index in [4.69, 9.17) is 0 Å². The summed E-state index contributed by atoms with van der Waals surface area (Å²) in [7, 11) is -2.70. The van der Waals surface area contributed by atoms with E-state index in [9.17, 15) is 8.42 Å². The van der Waals surface area contributed by atoms with E-state index in [1.165, 1.54) is 6.26 Å². The minimum absolute atomic E-state index is 0.283. The zero-order valence-corrected chi connectivity index (χ0v) is 7.15. The van der Waals surface area contributed by atoms with Crippen LogP contribution in [-0.4, -0.2) is 28.5 Å². The van der Waals surface area contributed by atoms with Gasteiger partial charge in [0.05, 0.1) is 0 Å². The fraction of sp³-hybridized carbons (Fsp3) is 0.500. The molecule has 8 heavy (non-hydrogen) atoms. The Morgan fingerprint density at radius 3 is 2.38 bits per heavy atom. The molecule has 0 atom stereocenters. The van der Waals surface area contributed by atoms with Crippen LogP contribution in [0.5, 0.6) is 0 Å². The molecular formula is C4H8O2SSe. The summed E-state index contributed by atoms with van der Waals surface area (Å²) in [4.78, 5) is 0. The molecule has 0 unspecified atom stereocenters. The fourth-order valence-electron chi connectivity index (χ4n) is 0.172. The van der Waals surface area contributed by atoms with Crippen LogP contribution in [0.25, 0.3) is 0 Å². The molecule has 0 saturated heterocycles. The van der Waals surface area contributed by atoms with Crippen molar-refractivity contribution >= 4 is 22.1 Å². The average molecular weight is 199 g/mol. The molecule has 0 aromatic rings. The first-order valence-corrected chi connectivity index (χ1v) is 7.14. The molecule has 0 bridgehead atoms. The summed E-state index contributed by atoms with van der Waals surface area (Å²) >= 11 is -0.283. The van der Waals surface area contributed by atoms with Crippen LogP contribution in [-0.2, 0) is 8.26 Å². The summed E-state index contributed by atoms with van der Waals surface area (Å²) < 4.78 is 20.7. The summed E-state index contributed by atoms with van der Waals surface area (Å²) in [5.41, 5.74) is 0. The monoisotopic (exact) mass is 200 g/mol. The van der Waals surface area contributed by atoms with Gasteiger partial charge in [-0.2, -0.15) is 0 Å². The Kier molecular flexibility index (Phi) is 3.36. The molecule has 0 fully saturated rings. The van der Waals surface area contributed by atoms with Gasteiger partial charge in [-0.25, -0.2) is 0 Å². The number of hydrogen-bond acceptors (Lipinski definition) is 2. The summed E-state index contributed by atoms with van der Waals surface area (Å²) in [5, 5.41) is 0.617. The zero-order valence-electron chi connectivity index (χ0n) is 4.62. The van der Waals surface area contributed by atoms with Crippen molar-refractivity contribution in [2.45, 2.75) is 5.32 Å². The van der Waals surface area contributed by atoms with E-state index in [2.05, 4.69) is 6.58 Å². The Morgan fingerprint density at radius 1 is 1.75 bits per heavy atom. The van der Waals surface area contributed by atoms with Crippen LogP contribution < -0.4 is 0 Å². The van der Waals surface area contributed by atoms with Gasteiger partial charge in [0.2, 0.25) is 0 Å². The molecule has 0 aromatic carbocycles. The molecule has 0 heterocycles. The van der Waals surface area contributed by atoms with Crippen molar-refractivity contribution in [1.29, 1.82) is 0 Å². The Labute approximate surface area is 55.1 Å². The Balaban J connectivity index is 3.57. The van der Waals surface area contributed by atoms with E-state index < -0.39 is 8.26 Å². The molecule has 4 heteroatoms. The van der Waals surface area contributed by atoms with Gasteiger partial charge in [-0.3, -0.25) is 0 Å². The van der Waals surface area contributed by atoms with Crippen molar-refractivity contribution in [2.75, 3.05) is 6.26 Å². The summed E-state index contributed by atoms with van der Waals surface area (Å²) in [6.07, 6.45) is 2.87. The second kappa shape index (κ2) is 3.28. The first kappa shape index (κ1) is 8.21. The second-order valence-electron chi connectivity index (χ2n) is 1.28. The SMILES string of the molecule is C=CC[Se]S(C)(=O)=O. The van der Waals surface area contributed by atoms with Crippen LogP contribution in [0.1, 0.15) is 0 Å². The van der Waals surface area contributed by atoms with Gasteiger partial charge in [-0.1, -0.05) is 0 Å². The van der Waals surface area contributed by atoms with Crippen molar-refractivity contribution in [1.82, 2.24) is 0 Å². The predicted molar refractivity (Wildman–Crippen MR) is 35.6 cm³/mol. The summed E-state index contributed by atoms with van der Waals surface area (Å²) in [5.74, 6) is 0. The molecule has 48 valence electrons. The van der Waals surface area contributed by atoms with E-state index in [1.807, 2.05) is 0 Å². The van der Waals surface area contributed by atoms with Crippen LogP contribution in [0.2, 0.25) is 5.32 Å². The number of hydrogen-bond donors (Lipinski definition) is 0. The van der Waals surface area contributed by atoms with Crippen LogP contribution >= 0.6 is 0 Å². The van der Waals surface area contributed by atoms with Gasteiger partial charge in [0.25, 0.3) is 0 Å². The Morgan fingerprint density at radius 2 is 2.25 bits per heavy atom. The zero-order chi connectivity index (χ0) is 6.62. The van der Waals surface area contributed by atoms with Gasteiger partial charge in [0.15, 0.2) is 0 Å². The van der Waals surface area contributed by atoms with E-state index >= 15 is 0 Å². The van der Waals surface area contributed by atoms with Gasteiger partial charge in [0.1, 0.15) is 0 Å². The maximum atomic E-state index is 10.4. The van der Waals surface area contributed by atoms with Gasteiger partial charge >= 0.3 is 54.7 Å². The normalized spacial score (nSPS) is 11.1. The maximum absolute atomic E-state index is 10.4. The standard InChI is InChI=1S/C4H8O2SSe/c1-3-4-8-7(2,5)6/h3H,1,4H2,2H3. The molecular weight excluding hydrogens is 191 g/mol. The minimum atomic E-state index is -2.70. The first-order valence-electron chi connectivity index (χ1n) is 2.01. The summed E-state index contributed by atoms with van der Waals surface area (Å²) in [6.45, 7) is 3.41. The van der Waals surface area contributed by atoms with Crippen molar-refractivity contribution in [3.8, 4) is 0 Å². The van der Waals surface area contributed by atoms with Crippen LogP contribution in [0.3, 0.4) is 0 Å². The van der Waals surface area contributed by atoms with Crippen molar-refractivity contribution < 1.29 is 8.42 Å². The average Bonchev–Trinajstić information content (AvgIpc) is 1.59. The van der Waals surface area contributed by atoms with Gasteiger partial charge < -0.3 is 0 Å². The van der Waals surface area contributed by atoms with Crippen LogP contribution in [0, 0.1) is 0 Å². The van der Waals surface area contributed by atoms with Gasteiger partial charge in [0, 0.05) is 0 Å². The molecule has 0 spiro atoms. The molecule has 0 aliphatic carbocycles. The van der Waals surface area contributed by atoms with E-state index in [1.54, 1.807) is 6.08 Å². The molecule has 0 N–H and O–H groups in total. The van der Waals surface area contributed by atoms with E-state index in [-0.39, 0.29) is 13.8 Å². The van der Waals surface area contributed by atoms with Crippen LogP contribution in [0.15, 0.2) is 12.7 Å². The van der Waals surface area contributed by atoms with Gasteiger partial charge in [-0.05, 0) is 0 Å². The van der Waals surface area contributed by atoms with Crippen LogP contribution in [0.4, 0.5) is 0 Å². The van der Waals surface area contributed by atoms with Gasteiger partial charge in [-0.15, -0.1) is 0 Å². The molecule has 0 aliphatic rings. The topological polar surface area (TPSA) is 34.1 Å². The quantitative estimate of drug-likeness (QED) is 0.482. The number of rotatable bonds is 3. The van der Waals surface area contributed by atoms with Crippen molar-refractivity contribution in [3.63, 3.8) is 0 Å². The summed E-state index contributed by atoms with van der Waals surface area (Å²) in [6, 6.07) is 0. The second-order valence-corrected chi connectivity index (χ2v) is 8.92. The molecule has 0 saturated carbocycles. The van der Waals surface area contributed by atoms with E-state index in [0.717, 1.165) is 0 Å². The Bertz CT molecular complexity index is 159. The molecule has 0 amide bonds. The first-order chi connectivity index (χ1) is 3.56. The molecule has 0 aromatic heterocycles. The molecule has 0 rings (SSSR count). The van der Waals surface area contributed by atoms with Crippen molar-refractivity contribution in [3.05, 3.63) is 12.7 Å². The predicted octanol–water partition coefficient (Wildman–Crippen LogP) is 0.254. The Hall–Kier alpha value is 0.209. The third kappa shape index (κ3) is 6.21. The van der Waals surface area contributed by atoms with Crippen molar-refractivity contribution in [2.24, 2.45) is 0 Å². The third-order valence-corrected chi connectivity index (χ3v) is 5.01.